The van der Waals surface area contributed by atoms with E-state index in [2.05, 4.69) is 35.7 Å². The standard InChI is InChI=1S/C45H54F3N9O5/c1-25(2)57-24-45(47,48)42(61)54(3)36-21-49-43(53-39(36)57)51-34-8-5-27(18-37(34)62-4)40(59)50-30-19-44(20-30)11-13-55(14-12-44)22-28-15-31-16-29(28)23-56(31)35-9-6-26(17-33(35)46)32-7-10-38(58)52-41(32)60/h5-6,8-9,17-18,21,25,28-32H,7,10-16,19-20,22-24H2,1-4H3,(H,50,59)(H,49,51,53)(H,52,58,60)/t28-,29+,31-,32?/m1/s1. The highest BCUT2D eigenvalue weighted by Gasteiger charge is 2.50. The quantitative estimate of drug-likeness (QED) is 0.219. The summed E-state index contributed by atoms with van der Waals surface area (Å²) in [6, 6.07) is 10.2. The minimum Gasteiger partial charge on any atom is -0.495 e. The van der Waals surface area contributed by atoms with Crippen LogP contribution >= 0.6 is 0 Å². The van der Waals surface area contributed by atoms with Crippen molar-refractivity contribution < 1.29 is 37.1 Å². The van der Waals surface area contributed by atoms with Gasteiger partial charge < -0.3 is 35.0 Å². The number of rotatable bonds is 10. The van der Waals surface area contributed by atoms with E-state index in [0.717, 1.165) is 69.6 Å². The second kappa shape index (κ2) is 16.0. The molecule has 62 heavy (non-hydrogen) atoms. The van der Waals surface area contributed by atoms with Crippen LogP contribution in [0.5, 0.6) is 5.75 Å². The van der Waals surface area contributed by atoms with Crippen molar-refractivity contribution in [2.24, 2.45) is 17.3 Å². The van der Waals surface area contributed by atoms with Crippen LogP contribution in [-0.4, -0.2) is 109 Å². The molecule has 4 atom stereocenters. The topological polar surface area (TPSA) is 152 Å². The van der Waals surface area contributed by atoms with Crippen LogP contribution in [0.4, 0.5) is 42.0 Å². The van der Waals surface area contributed by atoms with Crippen molar-refractivity contribution in [2.45, 2.75) is 95.2 Å². The minimum atomic E-state index is -3.60. The van der Waals surface area contributed by atoms with E-state index >= 15 is 4.39 Å². The molecule has 4 amide bonds. The maximum absolute atomic E-state index is 15.5. The number of imide groups is 1. The lowest BCUT2D eigenvalue weighted by Gasteiger charge is -2.52. The first-order chi connectivity index (χ1) is 29.6. The molecule has 9 rings (SSSR count). The number of hydrogen-bond donors (Lipinski definition) is 3. The summed E-state index contributed by atoms with van der Waals surface area (Å²) in [6.45, 7) is 6.65. The van der Waals surface area contributed by atoms with Crippen LogP contribution in [-0.2, 0) is 14.4 Å². The van der Waals surface area contributed by atoms with Crippen LogP contribution in [0.1, 0.15) is 87.1 Å². The molecule has 6 aliphatic rings. The van der Waals surface area contributed by atoms with Gasteiger partial charge >= 0.3 is 5.92 Å². The van der Waals surface area contributed by atoms with Crippen molar-refractivity contribution in [3.05, 3.63) is 59.5 Å². The fourth-order valence-corrected chi connectivity index (χ4v) is 10.9. The molecule has 1 aromatic heterocycles. The Balaban J connectivity index is 0.745. The number of likely N-dealkylation sites (tertiary alicyclic amines) is 1. The summed E-state index contributed by atoms with van der Waals surface area (Å²) in [5.74, 6) is -4.75. The van der Waals surface area contributed by atoms with E-state index in [4.69, 9.17) is 4.74 Å². The monoisotopic (exact) mass is 857 g/mol. The average molecular weight is 858 g/mol. The lowest BCUT2D eigenvalue weighted by molar-refractivity contribution is -0.140. The molecule has 0 radical (unpaired) electrons. The van der Waals surface area contributed by atoms with E-state index in [1.807, 2.05) is 12.1 Å². The lowest BCUT2D eigenvalue weighted by atomic mass is 9.60. The van der Waals surface area contributed by atoms with Crippen LogP contribution in [0.3, 0.4) is 0 Å². The van der Waals surface area contributed by atoms with Crippen molar-refractivity contribution in [2.75, 3.05) is 66.9 Å². The van der Waals surface area contributed by atoms with Gasteiger partial charge in [0, 0.05) is 50.2 Å². The molecule has 2 bridgehead atoms. The first kappa shape index (κ1) is 41.9. The molecule has 5 fully saturated rings. The molecule has 4 aliphatic heterocycles. The molecule has 1 unspecified atom stereocenters. The highest BCUT2D eigenvalue weighted by Crippen LogP contribution is 2.51. The number of carbonyl (C=O) groups is 4. The molecule has 3 N–H and O–H groups in total. The van der Waals surface area contributed by atoms with Crippen LogP contribution < -0.4 is 35.4 Å². The number of benzene rings is 2. The molecule has 2 aromatic carbocycles. The van der Waals surface area contributed by atoms with E-state index < -0.39 is 24.3 Å². The molecule has 3 saturated heterocycles. The number of nitrogens with zero attached hydrogens (tertiary/aromatic N) is 6. The zero-order valence-corrected chi connectivity index (χ0v) is 35.6. The van der Waals surface area contributed by atoms with Crippen LogP contribution in [0.15, 0.2) is 42.6 Å². The maximum Gasteiger partial charge on any atom is 0.342 e. The summed E-state index contributed by atoms with van der Waals surface area (Å²) >= 11 is 0. The van der Waals surface area contributed by atoms with Gasteiger partial charge in [-0.15, -0.1) is 0 Å². The molecule has 2 saturated carbocycles. The normalized spacial score (nSPS) is 25.7. The Kier molecular flexibility index (Phi) is 10.8. The third kappa shape index (κ3) is 7.81. The van der Waals surface area contributed by atoms with Gasteiger partial charge in [-0.1, -0.05) is 6.07 Å². The summed E-state index contributed by atoms with van der Waals surface area (Å²) in [4.78, 5) is 65.8. The van der Waals surface area contributed by atoms with Gasteiger partial charge in [0.15, 0.2) is 5.82 Å². The van der Waals surface area contributed by atoms with Gasteiger partial charge in [-0.05, 0) is 125 Å². The second-order valence-corrected chi connectivity index (χ2v) is 18.6. The van der Waals surface area contributed by atoms with Gasteiger partial charge in [0.25, 0.3) is 11.8 Å². The number of amides is 4. The van der Waals surface area contributed by atoms with E-state index in [-0.39, 0.29) is 64.9 Å². The molecular formula is C45H54F3N9O5. The van der Waals surface area contributed by atoms with Gasteiger partial charge in [0.2, 0.25) is 17.8 Å². The van der Waals surface area contributed by atoms with Gasteiger partial charge in [0.1, 0.15) is 17.3 Å². The molecule has 1 spiro atoms. The number of halogens is 3. The SMILES string of the molecule is COc1cc(C(=O)NC2CC3(CCN(C[C@H]4C[C@@H]5C[C@H]4CN5c4ccc(C5CCC(=O)NC5=O)cc4F)CC3)C2)ccc1Nc1ncc2c(n1)N(C(C)C)CC(F)(F)C(=O)N2C. The zero-order chi connectivity index (χ0) is 43.7. The van der Waals surface area contributed by atoms with Crippen molar-refractivity contribution in [1.29, 1.82) is 0 Å². The Hall–Kier alpha value is -5.45. The number of nitrogens with one attached hydrogen (secondary N) is 3. The number of ether oxygens (including phenoxy) is 1. The third-order valence-electron chi connectivity index (χ3n) is 14.4. The molecule has 2 aliphatic carbocycles. The predicted octanol–water partition coefficient (Wildman–Crippen LogP) is 5.60. The van der Waals surface area contributed by atoms with E-state index in [9.17, 15) is 28.0 Å². The molecule has 14 nitrogen and oxygen atoms in total. The lowest BCUT2D eigenvalue weighted by Crippen LogP contribution is -2.55. The number of fused-ring (bicyclic) bond motifs is 3. The molecule has 5 heterocycles. The van der Waals surface area contributed by atoms with E-state index in [0.29, 0.717) is 52.5 Å². The van der Waals surface area contributed by atoms with Crippen LogP contribution in [0, 0.1) is 23.1 Å². The summed E-state index contributed by atoms with van der Waals surface area (Å²) in [7, 11) is 2.78. The van der Waals surface area contributed by atoms with Crippen molar-refractivity contribution >= 4 is 52.5 Å². The number of methoxy groups -OCH3 is 1. The van der Waals surface area contributed by atoms with Gasteiger partial charge in [-0.25, -0.2) is 9.37 Å². The molecular weight excluding hydrogens is 804 g/mol. The molecule has 330 valence electrons. The summed E-state index contributed by atoms with van der Waals surface area (Å²) in [5, 5.41) is 8.67. The Labute approximate surface area is 358 Å². The van der Waals surface area contributed by atoms with Crippen molar-refractivity contribution in [1.82, 2.24) is 25.5 Å². The Morgan fingerprint density at radius 3 is 2.50 bits per heavy atom. The number of carbonyl (C=O) groups excluding carboxylic acids is 4. The zero-order valence-electron chi connectivity index (χ0n) is 35.6. The predicted molar refractivity (Wildman–Crippen MR) is 227 cm³/mol. The summed E-state index contributed by atoms with van der Waals surface area (Å²) in [6.07, 6.45) is 8.19. The van der Waals surface area contributed by atoms with Crippen molar-refractivity contribution in [3.63, 3.8) is 0 Å². The Morgan fingerprint density at radius 2 is 1.82 bits per heavy atom. The molecule has 17 heteroatoms. The largest absolute Gasteiger partial charge is 0.495 e. The maximum atomic E-state index is 15.5. The van der Waals surface area contributed by atoms with Gasteiger partial charge in [0.05, 0.1) is 37.1 Å². The van der Waals surface area contributed by atoms with Gasteiger partial charge in [-0.2, -0.15) is 13.8 Å². The highest BCUT2D eigenvalue weighted by molar-refractivity contribution is 6.02. The summed E-state index contributed by atoms with van der Waals surface area (Å²) < 4.78 is 50.6. The van der Waals surface area contributed by atoms with E-state index in [1.165, 1.54) is 31.3 Å². The second-order valence-electron chi connectivity index (χ2n) is 18.6. The number of piperidine rings is 3. The first-order valence-electron chi connectivity index (χ1n) is 21.8. The number of anilines is 5. The third-order valence-corrected chi connectivity index (χ3v) is 14.4. The van der Waals surface area contributed by atoms with Crippen LogP contribution in [0.2, 0.25) is 0 Å². The number of alkyl halides is 2. The molecule has 3 aromatic rings. The fraction of sp³-hybridized carbons (Fsp3) is 0.556. The average Bonchev–Trinajstić information content (AvgIpc) is 3.81. The highest BCUT2D eigenvalue weighted by atomic mass is 19.3. The van der Waals surface area contributed by atoms with Gasteiger partial charge in [-0.3, -0.25) is 24.5 Å². The first-order valence-corrected chi connectivity index (χ1v) is 21.8. The van der Waals surface area contributed by atoms with E-state index in [1.54, 1.807) is 32.0 Å². The number of aromatic nitrogens is 2. The minimum absolute atomic E-state index is 0.0853. The Bertz CT molecular complexity index is 2280. The smallest absolute Gasteiger partial charge is 0.342 e. The fourth-order valence-electron chi connectivity index (χ4n) is 10.9. The van der Waals surface area contributed by atoms with Crippen LogP contribution in [0.25, 0.3) is 0 Å². The van der Waals surface area contributed by atoms with Crippen molar-refractivity contribution in [3.8, 4) is 5.75 Å². The Morgan fingerprint density at radius 1 is 1.05 bits per heavy atom. The summed E-state index contributed by atoms with van der Waals surface area (Å²) in [5.41, 5.74) is 2.55. The number of hydrogen-bond acceptors (Lipinski definition) is 11.